The molecule has 3 rings (SSSR count). The van der Waals surface area contributed by atoms with Crippen molar-refractivity contribution < 1.29 is 28.2 Å². The van der Waals surface area contributed by atoms with Crippen LogP contribution < -0.4 is 4.74 Å². The summed E-state index contributed by atoms with van der Waals surface area (Å²) < 4.78 is 38.8. The standard InChI is InChI=1S/C24H29F2NO4/c1-2-30-23(29)24(15-18-8-9-20(25)14-21(18)26)10-5-11-27(17-24)16-19-6-3-4-7-22(19)31-13-12-28/h3-4,6-9,14,28H,2,5,10-13,15-17H2,1H3. The number of hydrogen-bond donors (Lipinski definition) is 1. The number of likely N-dealkylation sites (tertiary alicyclic amines) is 1. The van der Waals surface area contributed by atoms with E-state index in [0.29, 0.717) is 30.8 Å². The van der Waals surface area contributed by atoms with Gasteiger partial charge in [0.05, 0.1) is 18.6 Å². The molecule has 1 aliphatic heterocycles. The van der Waals surface area contributed by atoms with Gasteiger partial charge < -0.3 is 14.6 Å². The Morgan fingerprint density at radius 2 is 2.00 bits per heavy atom. The van der Waals surface area contributed by atoms with E-state index < -0.39 is 17.0 Å². The number of nitrogens with zero attached hydrogens (tertiary/aromatic N) is 1. The lowest BCUT2D eigenvalue weighted by molar-refractivity contribution is -0.159. The van der Waals surface area contributed by atoms with Crippen molar-refractivity contribution >= 4 is 5.97 Å². The molecule has 0 aliphatic carbocycles. The second-order valence-corrected chi connectivity index (χ2v) is 7.91. The van der Waals surface area contributed by atoms with Crippen molar-refractivity contribution in [2.24, 2.45) is 5.41 Å². The molecule has 0 radical (unpaired) electrons. The number of carbonyl (C=O) groups excluding carboxylic acids is 1. The normalized spacial score (nSPS) is 19.2. The van der Waals surface area contributed by atoms with Crippen LogP contribution >= 0.6 is 0 Å². The van der Waals surface area contributed by atoms with Crippen LogP contribution in [-0.2, 0) is 22.5 Å². The number of para-hydroxylation sites is 1. The van der Waals surface area contributed by atoms with Gasteiger partial charge >= 0.3 is 5.97 Å². The van der Waals surface area contributed by atoms with Crippen LogP contribution in [0.25, 0.3) is 0 Å². The highest BCUT2D eigenvalue weighted by atomic mass is 19.1. The molecule has 0 spiro atoms. The smallest absolute Gasteiger partial charge is 0.313 e. The van der Waals surface area contributed by atoms with Crippen LogP contribution in [-0.4, -0.2) is 48.9 Å². The highest BCUT2D eigenvalue weighted by molar-refractivity contribution is 5.78. The number of aliphatic hydroxyl groups excluding tert-OH is 1. The fraction of sp³-hybridized carbons (Fsp3) is 0.458. The number of rotatable bonds is 9. The Labute approximate surface area is 181 Å². The summed E-state index contributed by atoms with van der Waals surface area (Å²) in [5.41, 5.74) is 0.347. The van der Waals surface area contributed by atoms with Gasteiger partial charge in [-0.1, -0.05) is 24.3 Å². The number of halogens is 2. The van der Waals surface area contributed by atoms with E-state index in [1.54, 1.807) is 6.92 Å². The molecule has 2 aromatic carbocycles. The largest absolute Gasteiger partial charge is 0.491 e. The van der Waals surface area contributed by atoms with Crippen LogP contribution in [0.15, 0.2) is 42.5 Å². The molecule has 31 heavy (non-hydrogen) atoms. The van der Waals surface area contributed by atoms with Gasteiger partial charge in [-0.2, -0.15) is 0 Å². The SMILES string of the molecule is CCOC(=O)C1(Cc2ccc(F)cc2F)CCCN(Cc2ccccc2OCCO)C1. The summed E-state index contributed by atoms with van der Waals surface area (Å²) >= 11 is 0. The Balaban J connectivity index is 1.83. The molecule has 0 amide bonds. The summed E-state index contributed by atoms with van der Waals surface area (Å²) in [6, 6.07) is 11.1. The number of esters is 1. The summed E-state index contributed by atoms with van der Waals surface area (Å²) in [5, 5.41) is 9.06. The highest BCUT2D eigenvalue weighted by Gasteiger charge is 2.44. The molecule has 0 bridgehead atoms. The summed E-state index contributed by atoms with van der Waals surface area (Å²) in [5.74, 6) is -0.957. The molecule has 0 saturated carbocycles. The van der Waals surface area contributed by atoms with Crippen LogP contribution in [0, 0.1) is 17.0 Å². The molecule has 5 nitrogen and oxygen atoms in total. The second-order valence-electron chi connectivity index (χ2n) is 7.91. The molecule has 1 saturated heterocycles. The number of ether oxygens (including phenoxy) is 2. The minimum absolute atomic E-state index is 0.0761. The highest BCUT2D eigenvalue weighted by Crippen LogP contribution is 2.37. The fourth-order valence-corrected chi connectivity index (χ4v) is 4.23. The van der Waals surface area contributed by atoms with Crippen LogP contribution in [0.3, 0.4) is 0 Å². The van der Waals surface area contributed by atoms with Gasteiger partial charge in [-0.3, -0.25) is 9.69 Å². The van der Waals surface area contributed by atoms with E-state index in [1.165, 1.54) is 12.1 Å². The summed E-state index contributed by atoms with van der Waals surface area (Å²) in [6.07, 6.45) is 1.47. The van der Waals surface area contributed by atoms with Crippen LogP contribution in [0.5, 0.6) is 5.75 Å². The Kier molecular flexibility index (Phi) is 7.98. The Morgan fingerprint density at radius 3 is 2.74 bits per heavy atom. The minimum atomic E-state index is -0.909. The molecule has 1 unspecified atom stereocenters. The number of piperidine rings is 1. The molecule has 0 aromatic heterocycles. The average Bonchev–Trinajstić information content (AvgIpc) is 2.75. The van der Waals surface area contributed by atoms with Crippen LogP contribution in [0.1, 0.15) is 30.9 Å². The van der Waals surface area contributed by atoms with Crippen LogP contribution in [0.2, 0.25) is 0 Å². The predicted molar refractivity (Wildman–Crippen MR) is 113 cm³/mol. The van der Waals surface area contributed by atoms with Gasteiger partial charge in [-0.05, 0) is 50.4 Å². The van der Waals surface area contributed by atoms with Gasteiger partial charge in [-0.25, -0.2) is 8.78 Å². The first kappa shape index (κ1) is 23.2. The molecule has 1 heterocycles. The lowest BCUT2D eigenvalue weighted by atomic mass is 9.74. The topological polar surface area (TPSA) is 59.0 Å². The van der Waals surface area contributed by atoms with Gasteiger partial charge in [-0.15, -0.1) is 0 Å². The number of carbonyl (C=O) groups is 1. The zero-order chi connectivity index (χ0) is 22.3. The molecule has 7 heteroatoms. The number of aliphatic hydroxyl groups is 1. The molecule has 1 fully saturated rings. The van der Waals surface area contributed by atoms with E-state index in [9.17, 15) is 13.6 Å². The number of benzene rings is 2. The second kappa shape index (κ2) is 10.7. The lowest BCUT2D eigenvalue weighted by Crippen LogP contribution is -2.49. The molecule has 1 atom stereocenters. The molecule has 1 aliphatic rings. The third-order valence-corrected chi connectivity index (χ3v) is 5.62. The summed E-state index contributed by atoms with van der Waals surface area (Å²) in [7, 11) is 0. The minimum Gasteiger partial charge on any atom is -0.491 e. The summed E-state index contributed by atoms with van der Waals surface area (Å²) in [6.45, 7) is 3.84. The van der Waals surface area contributed by atoms with Gasteiger partial charge in [0.15, 0.2) is 0 Å². The first-order valence-electron chi connectivity index (χ1n) is 10.6. The van der Waals surface area contributed by atoms with Crippen molar-refractivity contribution in [1.82, 2.24) is 4.90 Å². The zero-order valence-electron chi connectivity index (χ0n) is 17.8. The monoisotopic (exact) mass is 433 g/mol. The van der Waals surface area contributed by atoms with Crippen molar-refractivity contribution in [3.05, 3.63) is 65.2 Å². The molecular formula is C24H29F2NO4. The van der Waals surface area contributed by atoms with Crippen molar-refractivity contribution in [2.75, 3.05) is 32.9 Å². The Bertz CT molecular complexity index is 892. The lowest BCUT2D eigenvalue weighted by Gasteiger charge is -2.41. The van der Waals surface area contributed by atoms with E-state index in [2.05, 4.69) is 4.90 Å². The maximum atomic E-state index is 14.4. The number of hydrogen-bond acceptors (Lipinski definition) is 5. The average molecular weight is 433 g/mol. The van der Waals surface area contributed by atoms with Gasteiger partial charge in [0.1, 0.15) is 24.0 Å². The first-order chi connectivity index (χ1) is 15.0. The zero-order valence-corrected chi connectivity index (χ0v) is 17.8. The Hall–Kier alpha value is -2.51. The van der Waals surface area contributed by atoms with E-state index in [-0.39, 0.29) is 32.2 Å². The quantitative estimate of drug-likeness (QED) is 0.611. The maximum absolute atomic E-state index is 14.4. The third-order valence-electron chi connectivity index (χ3n) is 5.62. The van der Waals surface area contributed by atoms with Crippen molar-refractivity contribution in [1.29, 1.82) is 0 Å². The third kappa shape index (κ3) is 5.80. The molecule has 2 aromatic rings. The maximum Gasteiger partial charge on any atom is 0.313 e. The molecule has 168 valence electrons. The van der Waals surface area contributed by atoms with E-state index in [0.717, 1.165) is 24.6 Å². The van der Waals surface area contributed by atoms with Gasteiger partial charge in [0.25, 0.3) is 0 Å². The van der Waals surface area contributed by atoms with Crippen molar-refractivity contribution in [3.8, 4) is 5.75 Å². The fourth-order valence-electron chi connectivity index (χ4n) is 4.23. The molecular weight excluding hydrogens is 404 g/mol. The Morgan fingerprint density at radius 1 is 1.19 bits per heavy atom. The van der Waals surface area contributed by atoms with Gasteiger partial charge in [0, 0.05) is 24.7 Å². The molecule has 1 N–H and O–H groups in total. The van der Waals surface area contributed by atoms with Crippen molar-refractivity contribution in [2.45, 2.75) is 32.7 Å². The van der Waals surface area contributed by atoms with E-state index in [4.69, 9.17) is 14.6 Å². The van der Waals surface area contributed by atoms with Gasteiger partial charge in [0.2, 0.25) is 0 Å². The van der Waals surface area contributed by atoms with Crippen molar-refractivity contribution in [3.63, 3.8) is 0 Å². The predicted octanol–water partition coefficient (Wildman–Crippen LogP) is 3.72. The van der Waals surface area contributed by atoms with E-state index >= 15 is 0 Å². The van der Waals surface area contributed by atoms with E-state index in [1.807, 2.05) is 24.3 Å². The first-order valence-corrected chi connectivity index (χ1v) is 10.6. The van der Waals surface area contributed by atoms with Crippen LogP contribution in [0.4, 0.5) is 8.78 Å². The summed E-state index contributed by atoms with van der Waals surface area (Å²) in [4.78, 5) is 15.2.